The van der Waals surface area contributed by atoms with E-state index in [0.717, 1.165) is 30.7 Å². The van der Waals surface area contributed by atoms with Crippen LogP contribution in [0, 0.1) is 18.3 Å². The van der Waals surface area contributed by atoms with Crippen molar-refractivity contribution >= 4 is 23.5 Å². The molecule has 1 atom stereocenters. The van der Waals surface area contributed by atoms with E-state index in [1.54, 1.807) is 6.07 Å². The monoisotopic (exact) mass is 352 g/mol. The average Bonchev–Trinajstić information content (AvgIpc) is 3.05. The molecule has 5 nitrogen and oxygen atoms in total. The Balaban J connectivity index is 1.78. The summed E-state index contributed by atoms with van der Waals surface area (Å²) in [5.41, 5.74) is 3.65. The number of nitrogens with zero attached hydrogens (tertiary/aromatic N) is 3. The van der Waals surface area contributed by atoms with E-state index in [9.17, 15) is 10.1 Å². The Morgan fingerprint density at radius 3 is 2.96 bits per heavy atom. The highest BCUT2D eigenvalue weighted by Gasteiger charge is 2.23. The number of fused-ring (bicyclic) bond motifs is 1. The van der Waals surface area contributed by atoms with E-state index in [-0.39, 0.29) is 11.2 Å². The van der Waals surface area contributed by atoms with Gasteiger partial charge in [-0.05, 0) is 56.4 Å². The second-order valence-corrected chi connectivity index (χ2v) is 7.27. The molecule has 0 saturated heterocycles. The number of aromatic nitrogens is 2. The fraction of sp³-hybridized carbons (Fsp3) is 0.368. The van der Waals surface area contributed by atoms with Crippen LogP contribution < -0.4 is 5.32 Å². The lowest BCUT2D eigenvalue weighted by Crippen LogP contribution is -2.25. The van der Waals surface area contributed by atoms with Crippen molar-refractivity contribution in [3.8, 4) is 6.07 Å². The van der Waals surface area contributed by atoms with Crippen LogP contribution in [0.15, 0.2) is 29.3 Å². The van der Waals surface area contributed by atoms with Gasteiger partial charge in [0.15, 0.2) is 0 Å². The van der Waals surface area contributed by atoms with Gasteiger partial charge in [-0.3, -0.25) is 4.79 Å². The molecule has 1 N–H and O–H groups in total. The molecule has 0 aliphatic heterocycles. The first kappa shape index (κ1) is 17.4. The second-order valence-electron chi connectivity index (χ2n) is 6.08. The Morgan fingerprint density at radius 2 is 2.24 bits per heavy atom. The van der Waals surface area contributed by atoms with Gasteiger partial charge in [0.2, 0.25) is 5.91 Å². The van der Waals surface area contributed by atoms with Gasteiger partial charge in [-0.1, -0.05) is 24.8 Å². The van der Waals surface area contributed by atoms with Gasteiger partial charge in [0.1, 0.15) is 16.9 Å². The van der Waals surface area contributed by atoms with Gasteiger partial charge < -0.3 is 5.32 Å². The summed E-state index contributed by atoms with van der Waals surface area (Å²) in [5.74, 6) is 0.434. The van der Waals surface area contributed by atoms with Crippen LogP contribution in [-0.4, -0.2) is 21.1 Å². The van der Waals surface area contributed by atoms with Crippen LogP contribution in [0.1, 0.15) is 42.3 Å². The fourth-order valence-electron chi connectivity index (χ4n) is 2.90. The molecule has 2 aromatic rings. The Bertz CT molecular complexity index is 844. The zero-order valence-electron chi connectivity index (χ0n) is 14.4. The molecule has 1 unspecified atom stereocenters. The largest absolute Gasteiger partial charge is 0.310 e. The SMILES string of the molecule is CCC(Sc1nc2c(cc1C#N)CCC2)C(=O)Nc1cccc(C)n1. The summed E-state index contributed by atoms with van der Waals surface area (Å²) in [4.78, 5) is 21.6. The van der Waals surface area contributed by atoms with Gasteiger partial charge in [-0.25, -0.2) is 9.97 Å². The first-order valence-corrected chi connectivity index (χ1v) is 9.32. The molecule has 128 valence electrons. The number of hydrogen-bond donors (Lipinski definition) is 1. The Labute approximate surface area is 151 Å². The highest BCUT2D eigenvalue weighted by atomic mass is 32.2. The van der Waals surface area contributed by atoms with Crippen molar-refractivity contribution in [1.82, 2.24) is 9.97 Å². The first-order valence-electron chi connectivity index (χ1n) is 8.44. The third-order valence-corrected chi connectivity index (χ3v) is 5.56. The smallest absolute Gasteiger partial charge is 0.239 e. The van der Waals surface area contributed by atoms with Crippen LogP contribution in [0.25, 0.3) is 0 Å². The minimum atomic E-state index is -0.318. The number of amides is 1. The number of nitrogens with one attached hydrogen (secondary N) is 1. The number of thioether (sulfide) groups is 1. The quantitative estimate of drug-likeness (QED) is 0.831. The maximum absolute atomic E-state index is 12.6. The third-order valence-electron chi connectivity index (χ3n) is 4.19. The molecular weight excluding hydrogens is 332 g/mol. The van der Waals surface area contributed by atoms with Gasteiger partial charge >= 0.3 is 0 Å². The number of carbonyl (C=O) groups excluding carboxylic acids is 1. The third kappa shape index (κ3) is 3.99. The molecular formula is C19H20N4OS. The molecule has 2 aromatic heterocycles. The standard InChI is InChI=1S/C19H20N4OS/c1-3-16(18(24)23-17-9-4-6-12(2)21-17)25-19-14(11-20)10-13-7-5-8-15(13)22-19/h4,6,9-10,16H,3,5,7-8H2,1-2H3,(H,21,23,24). The molecule has 0 aromatic carbocycles. The number of hydrogen-bond acceptors (Lipinski definition) is 5. The van der Waals surface area contributed by atoms with Crippen molar-refractivity contribution in [1.29, 1.82) is 5.26 Å². The van der Waals surface area contributed by atoms with Crippen LogP contribution in [0.3, 0.4) is 0 Å². The van der Waals surface area contributed by atoms with Crippen molar-refractivity contribution < 1.29 is 4.79 Å². The molecule has 6 heteroatoms. The van der Waals surface area contributed by atoms with Gasteiger partial charge in [0, 0.05) is 11.4 Å². The molecule has 1 aliphatic carbocycles. The Kier molecular flexibility index (Phi) is 5.34. The number of nitriles is 1. The molecule has 0 spiro atoms. The normalized spacial score (nSPS) is 13.8. The molecule has 0 radical (unpaired) electrons. The van der Waals surface area contributed by atoms with E-state index in [1.165, 1.54) is 17.3 Å². The summed E-state index contributed by atoms with van der Waals surface area (Å²) in [6.45, 7) is 3.84. The maximum Gasteiger partial charge on any atom is 0.239 e. The van der Waals surface area contributed by atoms with Crippen LogP contribution in [0.4, 0.5) is 5.82 Å². The lowest BCUT2D eigenvalue weighted by Gasteiger charge is -2.15. The molecule has 0 fully saturated rings. The maximum atomic E-state index is 12.6. The summed E-state index contributed by atoms with van der Waals surface area (Å²) in [6, 6.07) is 9.68. The fourth-order valence-corrected chi connectivity index (χ4v) is 3.90. The van der Waals surface area contributed by atoms with Crippen LogP contribution in [0.2, 0.25) is 0 Å². The highest BCUT2D eigenvalue weighted by Crippen LogP contribution is 2.31. The average molecular weight is 352 g/mol. The van der Waals surface area contributed by atoms with E-state index in [4.69, 9.17) is 0 Å². The summed E-state index contributed by atoms with van der Waals surface area (Å²) < 4.78 is 0. The van der Waals surface area contributed by atoms with E-state index in [2.05, 4.69) is 21.4 Å². The highest BCUT2D eigenvalue weighted by molar-refractivity contribution is 8.00. The van der Waals surface area contributed by atoms with Crippen molar-refractivity contribution in [2.24, 2.45) is 0 Å². The number of rotatable bonds is 5. The summed E-state index contributed by atoms with van der Waals surface area (Å²) in [5, 5.41) is 12.6. The first-order chi connectivity index (χ1) is 12.1. The minimum Gasteiger partial charge on any atom is -0.310 e. The van der Waals surface area contributed by atoms with Crippen LogP contribution >= 0.6 is 11.8 Å². The molecule has 3 rings (SSSR count). The molecule has 0 bridgehead atoms. The molecule has 1 amide bonds. The van der Waals surface area contributed by atoms with Crippen molar-refractivity contribution in [3.63, 3.8) is 0 Å². The Hall–Kier alpha value is -2.39. The lowest BCUT2D eigenvalue weighted by molar-refractivity contribution is -0.115. The van der Waals surface area contributed by atoms with Crippen molar-refractivity contribution in [2.75, 3.05) is 5.32 Å². The molecule has 2 heterocycles. The zero-order valence-corrected chi connectivity index (χ0v) is 15.2. The van der Waals surface area contributed by atoms with E-state index < -0.39 is 0 Å². The van der Waals surface area contributed by atoms with Gasteiger partial charge in [-0.15, -0.1) is 0 Å². The second kappa shape index (κ2) is 7.66. The summed E-state index contributed by atoms with van der Waals surface area (Å²) >= 11 is 1.36. The number of carbonyl (C=O) groups is 1. The van der Waals surface area contributed by atoms with E-state index in [1.807, 2.05) is 32.0 Å². The number of aryl methyl sites for hydroxylation is 3. The predicted molar refractivity (Wildman–Crippen MR) is 98.5 cm³/mol. The summed E-state index contributed by atoms with van der Waals surface area (Å²) in [6.07, 6.45) is 3.66. The molecule has 1 aliphatic rings. The molecule has 0 saturated carbocycles. The minimum absolute atomic E-state index is 0.114. The summed E-state index contributed by atoms with van der Waals surface area (Å²) in [7, 11) is 0. The zero-order chi connectivity index (χ0) is 17.8. The van der Waals surface area contributed by atoms with Crippen molar-refractivity contribution in [2.45, 2.75) is 49.8 Å². The predicted octanol–water partition coefficient (Wildman–Crippen LogP) is 3.65. The Morgan fingerprint density at radius 1 is 1.40 bits per heavy atom. The number of pyridine rings is 2. The van der Waals surface area contributed by atoms with Crippen LogP contribution in [-0.2, 0) is 17.6 Å². The van der Waals surface area contributed by atoms with E-state index in [0.29, 0.717) is 22.8 Å². The van der Waals surface area contributed by atoms with E-state index >= 15 is 0 Å². The topological polar surface area (TPSA) is 78.7 Å². The lowest BCUT2D eigenvalue weighted by atomic mass is 10.2. The van der Waals surface area contributed by atoms with Crippen molar-refractivity contribution in [3.05, 3.63) is 46.8 Å². The van der Waals surface area contributed by atoms with Crippen LogP contribution in [0.5, 0.6) is 0 Å². The molecule has 25 heavy (non-hydrogen) atoms. The number of anilines is 1. The van der Waals surface area contributed by atoms with Gasteiger partial charge in [0.25, 0.3) is 0 Å². The van der Waals surface area contributed by atoms with Gasteiger partial charge in [-0.2, -0.15) is 5.26 Å². The van der Waals surface area contributed by atoms with Gasteiger partial charge in [0.05, 0.1) is 10.8 Å².